The molecule has 1 atom stereocenters. The van der Waals surface area contributed by atoms with E-state index in [0.717, 1.165) is 19.4 Å². The fraction of sp³-hybridized carbons (Fsp3) is 0.417. The molecule has 86 valence electrons. The van der Waals surface area contributed by atoms with Gasteiger partial charge in [-0.2, -0.15) is 0 Å². The summed E-state index contributed by atoms with van der Waals surface area (Å²) in [5.74, 6) is -0.381. The number of carbonyl (C=O) groups is 1. The highest BCUT2D eigenvalue weighted by Crippen LogP contribution is 2.15. The summed E-state index contributed by atoms with van der Waals surface area (Å²) in [6.45, 7) is 1.07. The molecule has 0 saturated carbocycles. The lowest BCUT2D eigenvalue weighted by Gasteiger charge is -2.10. The van der Waals surface area contributed by atoms with Crippen LogP contribution in [0.3, 0.4) is 0 Å². The fourth-order valence-electron chi connectivity index (χ4n) is 1.71. The Morgan fingerprint density at radius 2 is 2.31 bits per heavy atom. The van der Waals surface area contributed by atoms with Gasteiger partial charge in [-0.3, -0.25) is 0 Å². The average Bonchev–Trinajstić information content (AvgIpc) is 2.79. The standard InChI is InChI=1S/C12H15NO3/c13-11-6-2-1-5-10(11)12(14)16-8-9-4-3-7-15-9/h1-2,5-6,9H,3-4,7-8,13H2/t9-/m0/s1. The second-order valence-corrected chi connectivity index (χ2v) is 3.82. The molecule has 0 aliphatic carbocycles. The molecule has 0 unspecified atom stereocenters. The van der Waals surface area contributed by atoms with E-state index in [1.165, 1.54) is 0 Å². The molecule has 2 rings (SSSR count). The number of rotatable bonds is 3. The summed E-state index contributed by atoms with van der Waals surface area (Å²) in [7, 11) is 0. The van der Waals surface area contributed by atoms with E-state index in [0.29, 0.717) is 17.9 Å². The maximum Gasteiger partial charge on any atom is 0.340 e. The number of nitrogens with two attached hydrogens (primary N) is 1. The highest BCUT2D eigenvalue weighted by molar-refractivity contribution is 5.94. The Morgan fingerprint density at radius 3 is 3.00 bits per heavy atom. The minimum atomic E-state index is -0.381. The number of para-hydroxylation sites is 1. The summed E-state index contributed by atoms with van der Waals surface area (Å²) in [6, 6.07) is 6.89. The van der Waals surface area contributed by atoms with Crippen LogP contribution in [0.2, 0.25) is 0 Å². The maximum atomic E-state index is 11.7. The first-order chi connectivity index (χ1) is 7.77. The lowest BCUT2D eigenvalue weighted by atomic mass is 10.2. The van der Waals surface area contributed by atoms with Crippen molar-refractivity contribution in [2.75, 3.05) is 18.9 Å². The van der Waals surface area contributed by atoms with Crippen molar-refractivity contribution in [3.63, 3.8) is 0 Å². The Morgan fingerprint density at radius 1 is 1.50 bits per heavy atom. The van der Waals surface area contributed by atoms with Gasteiger partial charge in [0.05, 0.1) is 11.7 Å². The van der Waals surface area contributed by atoms with Crippen LogP contribution in [0, 0.1) is 0 Å². The third-order valence-electron chi connectivity index (χ3n) is 2.61. The first-order valence-electron chi connectivity index (χ1n) is 5.40. The summed E-state index contributed by atoms with van der Waals surface area (Å²) in [5, 5.41) is 0. The minimum Gasteiger partial charge on any atom is -0.459 e. The number of esters is 1. The molecule has 0 spiro atoms. The van der Waals surface area contributed by atoms with Gasteiger partial charge in [-0.15, -0.1) is 0 Å². The number of ether oxygens (including phenoxy) is 2. The molecule has 16 heavy (non-hydrogen) atoms. The van der Waals surface area contributed by atoms with Crippen LogP contribution >= 0.6 is 0 Å². The zero-order valence-corrected chi connectivity index (χ0v) is 9.02. The highest BCUT2D eigenvalue weighted by atomic mass is 16.6. The molecular weight excluding hydrogens is 206 g/mol. The average molecular weight is 221 g/mol. The number of benzene rings is 1. The summed E-state index contributed by atoms with van der Waals surface area (Å²) in [6.07, 6.45) is 2.04. The van der Waals surface area contributed by atoms with E-state index in [4.69, 9.17) is 15.2 Å². The Bertz CT molecular complexity index is 372. The quantitative estimate of drug-likeness (QED) is 0.622. The van der Waals surface area contributed by atoms with Gasteiger partial charge < -0.3 is 15.2 Å². The van der Waals surface area contributed by atoms with Gasteiger partial charge in [0.15, 0.2) is 0 Å². The van der Waals surface area contributed by atoms with Gasteiger partial charge in [0.2, 0.25) is 0 Å². The first-order valence-corrected chi connectivity index (χ1v) is 5.40. The molecule has 0 aromatic heterocycles. The molecule has 1 saturated heterocycles. The SMILES string of the molecule is Nc1ccccc1C(=O)OC[C@@H]1CCCO1. The van der Waals surface area contributed by atoms with Gasteiger partial charge in [0, 0.05) is 12.3 Å². The number of hydrogen-bond donors (Lipinski definition) is 1. The van der Waals surface area contributed by atoms with Crippen LogP contribution in [-0.4, -0.2) is 25.3 Å². The Labute approximate surface area is 94.3 Å². The molecule has 4 heteroatoms. The summed E-state index contributed by atoms with van der Waals surface area (Å²) >= 11 is 0. The van der Waals surface area contributed by atoms with Crippen LogP contribution in [-0.2, 0) is 9.47 Å². The molecule has 0 amide bonds. The fourth-order valence-corrected chi connectivity index (χ4v) is 1.71. The van der Waals surface area contributed by atoms with Gasteiger partial charge in [0.1, 0.15) is 6.61 Å². The molecule has 1 aliphatic heterocycles. The molecule has 0 bridgehead atoms. The Hall–Kier alpha value is -1.55. The van der Waals surface area contributed by atoms with E-state index in [1.807, 2.05) is 0 Å². The van der Waals surface area contributed by atoms with E-state index >= 15 is 0 Å². The van der Waals surface area contributed by atoms with E-state index in [1.54, 1.807) is 24.3 Å². The molecule has 0 radical (unpaired) electrons. The first kappa shape index (κ1) is 11.0. The van der Waals surface area contributed by atoms with Crippen LogP contribution in [0.25, 0.3) is 0 Å². The molecular formula is C12H15NO3. The molecule has 1 aromatic rings. The zero-order chi connectivity index (χ0) is 11.4. The summed E-state index contributed by atoms with van der Waals surface area (Å²) in [4.78, 5) is 11.7. The number of carbonyl (C=O) groups excluding carboxylic acids is 1. The van der Waals surface area contributed by atoms with Gasteiger partial charge >= 0.3 is 5.97 Å². The van der Waals surface area contributed by atoms with E-state index < -0.39 is 0 Å². The molecule has 4 nitrogen and oxygen atoms in total. The summed E-state index contributed by atoms with van der Waals surface area (Å²) in [5.41, 5.74) is 6.53. The van der Waals surface area contributed by atoms with Gasteiger partial charge in [0.25, 0.3) is 0 Å². The minimum absolute atomic E-state index is 0.0499. The van der Waals surface area contributed by atoms with E-state index in [2.05, 4.69) is 0 Å². The molecule has 1 heterocycles. The Kier molecular flexibility index (Phi) is 3.41. The predicted molar refractivity (Wildman–Crippen MR) is 60.1 cm³/mol. The van der Waals surface area contributed by atoms with Crippen molar-refractivity contribution in [2.24, 2.45) is 0 Å². The maximum absolute atomic E-state index is 11.7. The van der Waals surface area contributed by atoms with Crippen molar-refractivity contribution in [2.45, 2.75) is 18.9 Å². The number of nitrogen functional groups attached to an aromatic ring is 1. The van der Waals surface area contributed by atoms with Crippen LogP contribution in [0.1, 0.15) is 23.2 Å². The van der Waals surface area contributed by atoms with Crippen LogP contribution in [0.15, 0.2) is 24.3 Å². The van der Waals surface area contributed by atoms with E-state index in [9.17, 15) is 4.79 Å². The highest BCUT2D eigenvalue weighted by Gasteiger charge is 2.18. The van der Waals surface area contributed by atoms with Crippen LogP contribution < -0.4 is 5.73 Å². The number of hydrogen-bond acceptors (Lipinski definition) is 4. The zero-order valence-electron chi connectivity index (χ0n) is 9.02. The molecule has 1 aliphatic rings. The van der Waals surface area contributed by atoms with Gasteiger partial charge in [-0.25, -0.2) is 4.79 Å². The topological polar surface area (TPSA) is 61.6 Å². The van der Waals surface area contributed by atoms with E-state index in [-0.39, 0.29) is 12.1 Å². The molecule has 2 N–H and O–H groups in total. The van der Waals surface area contributed by atoms with Crippen molar-refractivity contribution < 1.29 is 14.3 Å². The van der Waals surface area contributed by atoms with Crippen molar-refractivity contribution in [1.29, 1.82) is 0 Å². The lowest BCUT2D eigenvalue weighted by molar-refractivity contribution is 0.0162. The molecule has 1 fully saturated rings. The third kappa shape index (κ3) is 2.52. The van der Waals surface area contributed by atoms with Gasteiger partial charge in [-0.05, 0) is 25.0 Å². The second-order valence-electron chi connectivity index (χ2n) is 3.82. The van der Waals surface area contributed by atoms with Crippen molar-refractivity contribution in [3.05, 3.63) is 29.8 Å². The smallest absolute Gasteiger partial charge is 0.340 e. The monoisotopic (exact) mass is 221 g/mol. The Balaban J connectivity index is 1.90. The van der Waals surface area contributed by atoms with Crippen molar-refractivity contribution in [1.82, 2.24) is 0 Å². The summed E-state index contributed by atoms with van der Waals surface area (Å²) < 4.78 is 10.5. The predicted octanol–water partition coefficient (Wildman–Crippen LogP) is 1.60. The van der Waals surface area contributed by atoms with Crippen LogP contribution in [0.4, 0.5) is 5.69 Å². The molecule has 1 aromatic carbocycles. The third-order valence-corrected chi connectivity index (χ3v) is 2.61. The second kappa shape index (κ2) is 4.99. The number of anilines is 1. The lowest BCUT2D eigenvalue weighted by Crippen LogP contribution is -2.18. The largest absolute Gasteiger partial charge is 0.459 e. The van der Waals surface area contributed by atoms with Crippen molar-refractivity contribution in [3.8, 4) is 0 Å². The normalized spacial score (nSPS) is 19.6. The van der Waals surface area contributed by atoms with Gasteiger partial charge in [-0.1, -0.05) is 12.1 Å². The van der Waals surface area contributed by atoms with Crippen LogP contribution in [0.5, 0.6) is 0 Å². The van der Waals surface area contributed by atoms with Crippen molar-refractivity contribution >= 4 is 11.7 Å².